The zero-order valence-corrected chi connectivity index (χ0v) is 16.1. The Labute approximate surface area is 162 Å². The summed E-state index contributed by atoms with van der Waals surface area (Å²) in [6.45, 7) is 1.40. The lowest BCUT2D eigenvalue weighted by Crippen LogP contribution is -2.35. The molecule has 0 bridgehead atoms. The predicted molar refractivity (Wildman–Crippen MR) is 104 cm³/mol. The maximum Gasteiger partial charge on any atom is 0.251 e. The van der Waals surface area contributed by atoms with E-state index in [1.807, 2.05) is 24.3 Å². The normalized spacial score (nSPS) is 21.4. The Morgan fingerprint density at radius 2 is 1.96 bits per heavy atom. The molecule has 1 N–H and O–H groups in total. The molecule has 1 aliphatic carbocycles. The SMILES string of the molecule is O=C(NC1Cc2ccc(Br)cc2C1)c1ccc(OCC2CCCO2)cc1. The van der Waals surface area contributed by atoms with Crippen molar-refractivity contribution in [3.8, 4) is 5.75 Å². The van der Waals surface area contributed by atoms with E-state index in [-0.39, 0.29) is 18.1 Å². The third-order valence-corrected chi connectivity index (χ3v) is 5.51. The van der Waals surface area contributed by atoms with E-state index in [4.69, 9.17) is 9.47 Å². The number of carbonyl (C=O) groups excluding carboxylic acids is 1. The van der Waals surface area contributed by atoms with Crippen molar-refractivity contribution in [2.45, 2.75) is 37.8 Å². The van der Waals surface area contributed by atoms with Crippen LogP contribution in [-0.4, -0.2) is 31.3 Å². The van der Waals surface area contributed by atoms with Crippen molar-refractivity contribution in [2.75, 3.05) is 13.2 Å². The first-order chi connectivity index (χ1) is 12.7. The molecule has 4 nitrogen and oxygen atoms in total. The van der Waals surface area contributed by atoms with Gasteiger partial charge in [0.2, 0.25) is 0 Å². The van der Waals surface area contributed by atoms with Gasteiger partial charge in [-0.25, -0.2) is 0 Å². The highest BCUT2D eigenvalue weighted by molar-refractivity contribution is 9.10. The van der Waals surface area contributed by atoms with E-state index in [1.54, 1.807) is 0 Å². The number of halogens is 1. The van der Waals surface area contributed by atoms with Crippen LogP contribution in [0.4, 0.5) is 0 Å². The van der Waals surface area contributed by atoms with Gasteiger partial charge in [-0.15, -0.1) is 0 Å². The number of ether oxygens (including phenoxy) is 2. The standard InChI is InChI=1S/C21H22BrNO3/c22-17-6-3-15-11-18(12-16(15)10-17)23-21(24)14-4-7-19(8-5-14)26-13-20-2-1-9-25-20/h3-8,10,18,20H,1-2,9,11-13H2,(H,23,24). The van der Waals surface area contributed by atoms with Crippen molar-refractivity contribution in [1.82, 2.24) is 5.32 Å². The number of benzene rings is 2. The fourth-order valence-corrected chi connectivity index (χ4v) is 4.03. The first-order valence-electron chi connectivity index (χ1n) is 9.10. The molecule has 2 atom stereocenters. The highest BCUT2D eigenvalue weighted by atomic mass is 79.9. The second-order valence-corrected chi connectivity index (χ2v) is 7.88. The fourth-order valence-electron chi connectivity index (χ4n) is 3.63. The topological polar surface area (TPSA) is 47.6 Å². The molecule has 26 heavy (non-hydrogen) atoms. The summed E-state index contributed by atoms with van der Waals surface area (Å²) in [4.78, 5) is 12.5. The number of rotatable bonds is 5. The summed E-state index contributed by atoms with van der Waals surface area (Å²) >= 11 is 3.51. The van der Waals surface area contributed by atoms with Gasteiger partial charge < -0.3 is 14.8 Å². The van der Waals surface area contributed by atoms with Crippen molar-refractivity contribution >= 4 is 21.8 Å². The van der Waals surface area contributed by atoms with Crippen LogP contribution in [0.3, 0.4) is 0 Å². The quantitative estimate of drug-likeness (QED) is 0.804. The summed E-state index contributed by atoms with van der Waals surface area (Å²) in [7, 11) is 0. The van der Waals surface area contributed by atoms with Gasteiger partial charge in [-0.1, -0.05) is 22.0 Å². The Morgan fingerprint density at radius 1 is 1.15 bits per heavy atom. The second-order valence-electron chi connectivity index (χ2n) is 6.96. The molecule has 1 amide bonds. The number of fused-ring (bicyclic) bond motifs is 1. The van der Waals surface area contributed by atoms with Crippen LogP contribution in [0, 0.1) is 0 Å². The smallest absolute Gasteiger partial charge is 0.251 e. The first kappa shape index (κ1) is 17.6. The highest BCUT2D eigenvalue weighted by Gasteiger charge is 2.23. The maximum atomic E-state index is 12.5. The minimum atomic E-state index is -0.0347. The summed E-state index contributed by atoms with van der Waals surface area (Å²) in [6.07, 6.45) is 4.12. The van der Waals surface area contributed by atoms with Crippen LogP contribution < -0.4 is 10.1 Å². The van der Waals surface area contributed by atoms with E-state index < -0.39 is 0 Å². The van der Waals surface area contributed by atoms with Crippen LogP contribution in [-0.2, 0) is 17.6 Å². The Kier molecular flexibility index (Phi) is 5.27. The lowest BCUT2D eigenvalue weighted by atomic mass is 10.1. The average Bonchev–Trinajstić information content (AvgIpc) is 3.29. The Hall–Kier alpha value is -1.85. The molecule has 2 unspecified atom stereocenters. The minimum Gasteiger partial charge on any atom is -0.491 e. The Balaban J connectivity index is 1.31. The number of amides is 1. The number of hydrogen-bond donors (Lipinski definition) is 1. The van der Waals surface area contributed by atoms with Gasteiger partial charge in [-0.3, -0.25) is 4.79 Å². The number of hydrogen-bond acceptors (Lipinski definition) is 3. The van der Waals surface area contributed by atoms with Crippen LogP contribution in [0.1, 0.15) is 34.3 Å². The maximum absolute atomic E-state index is 12.5. The zero-order chi connectivity index (χ0) is 17.9. The summed E-state index contributed by atoms with van der Waals surface area (Å²) in [6, 6.07) is 13.8. The van der Waals surface area contributed by atoms with Crippen LogP contribution in [0.25, 0.3) is 0 Å². The molecule has 2 aromatic rings. The van der Waals surface area contributed by atoms with Crippen LogP contribution in [0.5, 0.6) is 5.75 Å². The molecule has 1 aliphatic heterocycles. The van der Waals surface area contributed by atoms with Gasteiger partial charge in [0.15, 0.2) is 0 Å². The largest absolute Gasteiger partial charge is 0.491 e. The molecule has 136 valence electrons. The van der Waals surface area contributed by atoms with Crippen molar-refractivity contribution in [2.24, 2.45) is 0 Å². The monoisotopic (exact) mass is 415 g/mol. The molecule has 1 fully saturated rings. The van der Waals surface area contributed by atoms with Crippen molar-refractivity contribution in [3.05, 3.63) is 63.6 Å². The predicted octanol–water partition coefficient (Wildman–Crippen LogP) is 3.90. The molecular weight excluding hydrogens is 394 g/mol. The minimum absolute atomic E-state index is 0.0347. The summed E-state index contributed by atoms with van der Waals surface area (Å²) in [5.41, 5.74) is 3.28. The van der Waals surface area contributed by atoms with Crippen molar-refractivity contribution in [3.63, 3.8) is 0 Å². The number of nitrogens with one attached hydrogen (secondary N) is 1. The van der Waals surface area contributed by atoms with Gasteiger partial charge in [0.25, 0.3) is 5.91 Å². The molecule has 5 heteroatoms. The van der Waals surface area contributed by atoms with Gasteiger partial charge in [0.1, 0.15) is 12.4 Å². The molecule has 2 aliphatic rings. The van der Waals surface area contributed by atoms with Gasteiger partial charge >= 0.3 is 0 Å². The number of carbonyl (C=O) groups is 1. The fraction of sp³-hybridized carbons (Fsp3) is 0.381. The van der Waals surface area contributed by atoms with Crippen LogP contribution in [0.15, 0.2) is 46.9 Å². The molecule has 1 saturated heterocycles. The van der Waals surface area contributed by atoms with E-state index >= 15 is 0 Å². The second kappa shape index (κ2) is 7.80. The molecular formula is C21H22BrNO3. The Bertz CT molecular complexity index is 784. The molecule has 0 saturated carbocycles. The van der Waals surface area contributed by atoms with Crippen LogP contribution in [0.2, 0.25) is 0 Å². The van der Waals surface area contributed by atoms with Gasteiger partial charge in [-0.05, 0) is 73.2 Å². The van der Waals surface area contributed by atoms with E-state index in [1.165, 1.54) is 11.1 Å². The highest BCUT2D eigenvalue weighted by Crippen LogP contribution is 2.26. The van der Waals surface area contributed by atoms with Crippen molar-refractivity contribution < 1.29 is 14.3 Å². The summed E-state index contributed by atoms with van der Waals surface area (Å²) < 4.78 is 12.4. The summed E-state index contributed by atoms with van der Waals surface area (Å²) in [5, 5.41) is 3.14. The summed E-state index contributed by atoms with van der Waals surface area (Å²) in [5.74, 6) is 0.739. The van der Waals surface area contributed by atoms with E-state index in [0.29, 0.717) is 12.2 Å². The van der Waals surface area contributed by atoms with E-state index in [0.717, 1.165) is 42.5 Å². The van der Waals surface area contributed by atoms with Gasteiger partial charge in [0, 0.05) is 22.7 Å². The Morgan fingerprint density at radius 3 is 2.73 bits per heavy atom. The zero-order valence-electron chi connectivity index (χ0n) is 14.5. The molecule has 0 radical (unpaired) electrons. The molecule has 0 spiro atoms. The van der Waals surface area contributed by atoms with Crippen molar-refractivity contribution in [1.29, 1.82) is 0 Å². The third kappa shape index (κ3) is 4.10. The third-order valence-electron chi connectivity index (χ3n) is 5.01. The molecule has 2 aromatic carbocycles. The lowest BCUT2D eigenvalue weighted by molar-refractivity contribution is 0.0679. The molecule has 0 aromatic heterocycles. The van der Waals surface area contributed by atoms with Gasteiger partial charge in [0.05, 0.1) is 6.10 Å². The lowest BCUT2D eigenvalue weighted by Gasteiger charge is -2.13. The molecule has 1 heterocycles. The van der Waals surface area contributed by atoms with Gasteiger partial charge in [-0.2, -0.15) is 0 Å². The van der Waals surface area contributed by atoms with E-state index in [9.17, 15) is 4.79 Å². The first-order valence-corrected chi connectivity index (χ1v) is 9.89. The van der Waals surface area contributed by atoms with Crippen LogP contribution >= 0.6 is 15.9 Å². The molecule has 4 rings (SSSR count). The average molecular weight is 416 g/mol. The van der Waals surface area contributed by atoms with E-state index in [2.05, 4.69) is 39.4 Å².